The average Bonchev–Trinajstić information content (AvgIpc) is 2.56. The molecule has 2 amide bonds. The summed E-state index contributed by atoms with van der Waals surface area (Å²) in [6.45, 7) is 1.24. The largest absolute Gasteiger partial charge is 0.495 e. The van der Waals surface area contributed by atoms with Crippen molar-refractivity contribution in [2.24, 2.45) is 0 Å². The van der Waals surface area contributed by atoms with Crippen molar-refractivity contribution in [3.8, 4) is 5.75 Å². The SMILES string of the molecule is COc1ccc(Cl)cc1NC(=O)CCNC(=O)CC1CSCCN1.Cl. The van der Waals surface area contributed by atoms with Crippen molar-refractivity contribution in [1.29, 1.82) is 0 Å². The molecule has 6 nitrogen and oxygen atoms in total. The Hall–Kier alpha value is -1.15. The van der Waals surface area contributed by atoms with Crippen molar-refractivity contribution in [2.75, 3.05) is 37.0 Å². The van der Waals surface area contributed by atoms with Gasteiger partial charge in [0.2, 0.25) is 11.8 Å². The highest BCUT2D eigenvalue weighted by molar-refractivity contribution is 7.99. The van der Waals surface area contributed by atoms with E-state index in [0.717, 1.165) is 18.1 Å². The predicted molar refractivity (Wildman–Crippen MR) is 105 cm³/mol. The van der Waals surface area contributed by atoms with E-state index >= 15 is 0 Å². The summed E-state index contributed by atoms with van der Waals surface area (Å²) in [6, 6.07) is 5.22. The molecule has 1 unspecified atom stereocenters. The molecule has 3 N–H and O–H groups in total. The van der Waals surface area contributed by atoms with Crippen molar-refractivity contribution in [3.05, 3.63) is 23.2 Å². The minimum absolute atomic E-state index is 0. The molecule has 1 atom stereocenters. The van der Waals surface area contributed by atoms with Crippen molar-refractivity contribution < 1.29 is 14.3 Å². The lowest BCUT2D eigenvalue weighted by Crippen LogP contribution is -2.41. The highest BCUT2D eigenvalue weighted by Crippen LogP contribution is 2.27. The molecule has 1 aliphatic rings. The second kappa shape index (κ2) is 11.5. The molecule has 0 bridgehead atoms. The van der Waals surface area contributed by atoms with Gasteiger partial charge in [-0.05, 0) is 18.2 Å². The first-order chi connectivity index (χ1) is 11.6. The van der Waals surface area contributed by atoms with Gasteiger partial charge in [0.25, 0.3) is 0 Å². The molecule has 1 heterocycles. The van der Waals surface area contributed by atoms with E-state index in [1.54, 1.807) is 18.2 Å². The van der Waals surface area contributed by atoms with Gasteiger partial charge < -0.3 is 20.7 Å². The maximum Gasteiger partial charge on any atom is 0.226 e. The molecule has 0 aliphatic carbocycles. The fraction of sp³-hybridized carbons (Fsp3) is 0.500. The monoisotopic (exact) mass is 407 g/mol. The second-order valence-corrected chi connectivity index (χ2v) is 7.01. The van der Waals surface area contributed by atoms with E-state index in [0.29, 0.717) is 29.4 Å². The molecule has 25 heavy (non-hydrogen) atoms. The number of benzene rings is 1. The van der Waals surface area contributed by atoms with Crippen LogP contribution in [0.5, 0.6) is 5.75 Å². The second-order valence-electron chi connectivity index (χ2n) is 5.42. The van der Waals surface area contributed by atoms with Gasteiger partial charge in [-0.15, -0.1) is 12.4 Å². The fourth-order valence-corrected chi connectivity index (χ4v) is 3.47. The van der Waals surface area contributed by atoms with Crippen LogP contribution < -0.4 is 20.7 Å². The summed E-state index contributed by atoms with van der Waals surface area (Å²) in [5, 5.41) is 9.35. The first-order valence-electron chi connectivity index (χ1n) is 7.79. The number of anilines is 1. The van der Waals surface area contributed by atoms with Gasteiger partial charge in [-0.2, -0.15) is 11.8 Å². The number of carbonyl (C=O) groups excluding carboxylic acids is 2. The molecule has 0 radical (unpaired) electrons. The molecular formula is C16H23Cl2N3O3S. The molecule has 1 aliphatic heterocycles. The van der Waals surface area contributed by atoms with Gasteiger partial charge in [0.05, 0.1) is 12.8 Å². The van der Waals surface area contributed by atoms with E-state index in [4.69, 9.17) is 16.3 Å². The third kappa shape index (κ3) is 7.73. The van der Waals surface area contributed by atoms with E-state index in [9.17, 15) is 9.59 Å². The lowest BCUT2D eigenvalue weighted by atomic mass is 10.2. The van der Waals surface area contributed by atoms with Crippen molar-refractivity contribution in [3.63, 3.8) is 0 Å². The summed E-state index contributed by atoms with van der Waals surface area (Å²) >= 11 is 7.77. The number of carbonyl (C=O) groups is 2. The number of amides is 2. The Morgan fingerprint density at radius 3 is 2.88 bits per heavy atom. The van der Waals surface area contributed by atoms with E-state index in [1.807, 2.05) is 11.8 Å². The molecule has 0 saturated carbocycles. The van der Waals surface area contributed by atoms with Gasteiger partial charge in [0, 0.05) is 48.5 Å². The zero-order valence-corrected chi connectivity index (χ0v) is 16.4. The number of nitrogens with one attached hydrogen (secondary N) is 3. The summed E-state index contributed by atoms with van der Waals surface area (Å²) < 4.78 is 5.18. The van der Waals surface area contributed by atoms with E-state index in [-0.39, 0.29) is 36.7 Å². The van der Waals surface area contributed by atoms with Crippen LogP contribution in [0.2, 0.25) is 5.02 Å². The first-order valence-corrected chi connectivity index (χ1v) is 9.33. The molecule has 0 aromatic heterocycles. The van der Waals surface area contributed by atoms with Crippen LogP contribution in [0.4, 0.5) is 5.69 Å². The van der Waals surface area contributed by atoms with Crippen molar-refractivity contribution in [1.82, 2.24) is 10.6 Å². The van der Waals surface area contributed by atoms with Crippen molar-refractivity contribution >= 4 is 53.3 Å². The Morgan fingerprint density at radius 2 is 2.20 bits per heavy atom. The van der Waals surface area contributed by atoms with Crippen LogP contribution in [0.15, 0.2) is 18.2 Å². The molecule has 2 rings (SSSR count). The third-order valence-electron chi connectivity index (χ3n) is 3.54. The number of halogens is 2. The molecule has 1 aromatic rings. The maximum absolute atomic E-state index is 12.0. The van der Waals surface area contributed by atoms with Crippen molar-refractivity contribution in [2.45, 2.75) is 18.9 Å². The fourth-order valence-electron chi connectivity index (χ4n) is 2.35. The molecule has 1 fully saturated rings. The van der Waals surface area contributed by atoms with Crippen LogP contribution in [0.25, 0.3) is 0 Å². The van der Waals surface area contributed by atoms with Crippen LogP contribution in [-0.2, 0) is 9.59 Å². The predicted octanol–water partition coefficient (Wildman–Crippen LogP) is 2.31. The van der Waals surface area contributed by atoms with Crippen LogP contribution in [-0.4, -0.2) is 49.6 Å². The van der Waals surface area contributed by atoms with Gasteiger partial charge in [-0.3, -0.25) is 9.59 Å². The van der Waals surface area contributed by atoms with Gasteiger partial charge in [-0.1, -0.05) is 11.6 Å². The number of hydrogen-bond donors (Lipinski definition) is 3. The standard InChI is InChI=1S/C16H22ClN3O3S.ClH/c1-23-14-3-2-11(17)8-13(14)20-15(21)4-5-19-16(22)9-12-10-24-7-6-18-12;/h2-3,8,12,18H,4-7,9-10H2,1H3,(H,19,22)(H,20,21);1H. The Morgan fingerprint density at radius 1 is 1.40 bits per heavy atom. The minimum atomic E-state index is -0.206. The number of methoxy groups -OCH3 is 1. The summed E-state index contributed by atoms with van der Waals surface area (Å²) in [4.78, 5) is 23.9. The van der Waals surface area contributed by atoms with E-state index < -0.39 is 0 Å². The van der Waals surface area contributed by atoms with Crippen LogP contribution >= 0.6 is 35.8 Å². The van der Waals surface area contributed by atoms with Crippen LogP contribution in [0, 0.1) is 0 Å². The van der Waals surface area contributed by atoms with E-state index in [2.05, 4.69) is 16.0 Å². The van der Waals surface area contributed by atoms with Gasteiger partial charge >= 0.3 is 0 Å². The topological polar surface area (TPSA) is 79.5 Å². The average molecular weight is 408 g/mol. The smallest absolute Gasteiger partial charge is 0.226 e. The number of ether oxygens (including phenoxy) is 1. The number of thioether (sulfide) groups is 1. The molecular weight excluding hydrogens is 385 g/mol. The quantitative estimate of drug-likeness (QED) is 0.646. The van der Waals surface area contributed by atoms with Gasteiger partial charge in [0.15, 0.2) is 0 Å². The summed E-state index contributed by atoms with van der Waals surface area (Å²) in [5.74, 6) is 2.33. The van der Waals surface area contributed by atoms with Crippen LogP contribution in [0.3, 0.4) is 0 Å². The lowest BCUT2D eigenvalue weighted by Gasteiger charge is -2.22. The lowest BCUT2D eigenvalue weighted by molar-refractivity contribution is -0.121. The molecule has 1 saturated heterocycles. The normalized spacial score (nSPS) is 16.5. The minimum Gasteiger partial charge on any atom is -0.495 e. The molecule has 9 heteroatoms. The van der Waals surface area contributed by atoms with Gasteiger partial charge in [-0.25, -0.2) is 0 Å². The summed E-state index contributed by atoms with van der Waals surface area (Å²) in [5.41, 5.74) is 0.518. The molecule has 1 aromatic carbocycles. The first kappa shape index (κ1) is 21.9. The zero-order chi connectivity index (χ0) is 17.4. The summed E-state index contributed by atoms with van der Waals surface area (Å²) in [6.07, 6.45) is 0.630. The van der Waals surface area contributed by atoms with Gasteiger partial charge in [0.1, 0.15) is 5.75 Å². The number of hydrogen-bond acceptors (Lipinski definition) is 5. The highest BCUT2D eigenvalue weighted by atomic mass is 35.5. The molecule has 140 valence electrons. The highest BCUT2D eigenvalue weighted by Gasteiger charge is 2.16. The Labute approximate surface area is 163 Å². The van der Waals surface area contributed by atoms with E-state index in [1.165, 1.54) is 7.11 Å². The maximum atomic E-state index is 12.0. The van der Waals surface area contributed by atoms with Crippen LogP contribution in [0.1, 0.15) is 12.8 Å². The zero-order valence-electron chi connectivity index (χ0n) is 14.0. The molecule has 0 spiro atoms. The summed E-state index contributed by atoms with van der Waals surface area (Å²) in [7, 11) is 1.52. The Bertz CT molecular complexity index is 584. The Kier molecular flexibility index (Phi) is 10.0. The third-order valence-corrected chi connectivity index (χ3v) is 4.91. The Balaban J connectivity index is 0.00000312. The number of rotatable bonds is 7.